The summed E-state index contributed by atoms with van der Waals surface area (Å²) in [6, 6.07) is 0.723. The molecule has 2 aliphatic heterocycles. The molecular weight excluding hydrogens is 424 g/mol. The minimum Gasteiger partial charge on any atom is -0.379 e. The van der Waals surface area contributed by atoms with E-state index >= 15 is 0 Å². The number of amides is 1. The number of alkyl halides is 2. The third-order valence-electron chi connectivity index (χ3n) is 6.85. The van der Waals surface area contributed by atoms with Crippen molar-refractivity contribution in [2.75, 3.05) is 0 Å². The van der Waals surface area contributed by atoms with Gasteiger partial charge >= 0.3 is 0 Å². The first kappa shape index (κ1) is 16.8. The Bertz CT molecular complexity index is 505. The van der Waals surface area contributed by atoms with Crippen LogP contribution in [0, 0.1) is 17.8 Å². The first-order chi connectivity index (χ1) is 10.9. The molecule has 9 atom stereocenters. The predicted molar refractivity (Wildman–Crippen MR) is 96.9 cm³/mol. The molecule has 2 heterocycles. The zero-order chi connectivity index (χ0) is 16.4. The van der Waals surface area contributed by atoms with Crippen LogP contribution in [0.5, 0.6) is 0 Å². The molecule has 0 aromatic rings. The van der Waals surface area contributed by atoms with Gasteiger partial charge in [0, 0.05) is 39.6 Å². The van der Waals surface area contributed by atoms with E-state index in [1.165, 1.54) is 19.3 Å². The minimum absolute atomic E-state index is 0.00701. The van der Waals surface area contributed by atoms with Gasteiger partial charge in [0.1, 0.15) is 0 Å². The molecule has 2 saturated carbocycles. The molecule has 0 aromatic heterocycles. The third kappa shape index (κ3) is 2.46. The highest BCUT2D eigenvalue weighted by molar-refractivity contribution is 9.10. The first-order valence-corrected chi connectivity index (χ1v) is 10.8. The fourth-order valence-corrected chi connectivity index (χ4v) is 8.21. The summed E-state index contributed by atoms with van der Waals surface area (Å²) in [4.78, 5) is 13.5. The second-order valence-corrected chi connectivity index (χ2v) is 10.5. The van der Waals surface area contributed by atoms with Gasteiger partial charge in [-0.15, -0.1) is 0 Å². The quantitative estimate of drug-likeness (QED) is 0.538. The Hall–Kier alpha value is 0.350. The topological polar surface area (TPSA) is 61.4 Å². The van der Waals surface area contributed by atoms with Gasteiger partial charge in [-0.3, -0.25) is 4.79 Å². The largest absolute Gasteiger partial charge is 0.379 e. The molecule has 1 amide bonds. The SMILES string of the molecule is CC1NC2CCCCC2C1[C@]1(O)C(=O)NC2C(Br)CC(Br)CC21. The zero-order valence-electron chi connectivity index (χ0n) is 13.5. The van der Waals surface area contributed by atoms with Crippen molar-refractivity contribution < 1.29 is 9.90 Å². The number of halogens is 2. The maximum absolute atomic E-state index is 12.9. The molecule has 0 aromatic carbocycles. The highest BCUT2D eigenvalue weighted by atomic mass is 79.9. The highest BCUT2D eigenvalue weighted by Gasteiger charge is 2.65. The normalized spacial score (nSPS) is 56.1. The van der Waals surface area contributed by atoms with Gasteiger partial charge in [-0.25, -0.2) is 0 Å². The Labute approximate surface area is 154 Å². The number of carbonyl (C=O) groups is 1. The predicted octanol–water partition coefficient (Wildman–Crippen LogP) is 2.32. The lowest BCUT2D eigenvalue weighted by Gasteiger charge is -2.43. The Kier molecular flexibility index (Phi) is 4.35. The summed E-state index contributed by atoms with van der Waals surface area (Å²) in [7, 11) is 0. The zero-order valence-corrected chi connectivity index (χ0v) is 16.6. The van der Waals surface area contributed by atoms with Crippen LogP contribution in [0.1, 0.15) is 45.4 Å². The molecule has 3 N–H and O–H groups in total. The van der Waals surface area contributed by atoms with Gasteiger partial charge in [0.25, 0.3) is 5.91 Å². The number of nitrogens with one attached hydrogen (secondary N) is 2. The molecule has 0 bridgehead atoms. The smallest absolute Gasteiger partial charge is 0.252 e. The van der Waals surface area contributed by atoms with Gasteiger partial charge in [-0.05, 0) is 38.5 Å². The molecule has 4 nitrogen and oxygen atoms in total. The van der Waals surface area contributed by atoms with Crippen molar-refractivity contribution in [2.24, 2.45) is 17.8 Å². The fourth-order valence-electron chi connectivity index (χ4n) is 5.96. The lowest BCUT2D eigenvalue weighted by atomic mass is 9.64. The van der Waals surface area contributed by atoms with Crippen molar-refractivity contribution in [3.63, 3.8) is 0 Å². The maximum Gasteiger partial charge on any atom is 0.252 e. The lowest BCUT2D eigenvalue weighted by Crippen LogP contribution is -2.56. The summed E-state index contributed by atoms with van der Waals surface area (Å²) >= 11 is 7.47. The monoisotopic (exact) mass is 448 g/mol. The molecule has 2 aliphatic carbocycles. The van der Waals surface area contributed by atoms with Gasteiger partial charge in [0.15, 0.2) is 5.60 Å². The van der Waals surface area contributed by atoms with Crippen LogP contribution in [0.4, 0.5) is 0 Å². The Morgan fingerprint density at radius 3 is 2.74 bits per heavy atom. The van der Waals surface area contributed by atoms with Crippen LogP contribution in [0.3, 0.4) is 0 Å². The van der Waals surface area contributed by atoms with Crippen LogP contribution >= 0.6 is 31.9 Å². The van der Waals surface area contributed by atoms with Gasteiger partial charge in [0.05, 0.1) is 0 Å². The summed E-state index contributed by atoms with van der Waals surface area (Å²) in [5.41, 5.74) is -1.23. The molecule has 130 valence electrons. The molecule has 0 spiro atoms. The lowest BCUT2D eigenvalue weighted by molar-refractivity contribution is -0.149. The minimum atomic E-state index is -1.23. The second kappa shape index (κ2) is 5.96. The molecule has 0 radical (unpaired) electrons. The van der Waals surface area contributed by atoms with Gasteiger partial charge < -0.3 is 15.7 Å². The van der Waals surface area contributed by atoms with Crippen molar-refractivity contribution in [3.8, 4) is 0 Å². The molecule has 8 unspecified atom stereocenters. The van der Waals surface area contributed by atoms with Crippen molar-refractivity contribution in [1.29, 1.82) is 0 Å². The fraction of sp³-hybridized carbons (Fsp3) is 0.941. The van der Waals surface area contributed by atoms with Crippen LogP contribution < -0.4 is 10.6 Å². The van der Waals surface area contributed by atoms with Crippen LogP contribution in [-0.2, 0) is 4.79 Å². The molecule has 4 fully saturated rings. The molecule has 2 saturated heterocycles. The van der Waals surface area contributed by atoms with E-state index in [2.05, 4.69) is 49.4 Å². The van der Waals surface area contributed by atoms with Crippen LogP contribution in [0.15, 0.2) is 0 Å². The maximum atomic E-state index is 12.9. The van der Waals surface area contributed by atoms with Gasteiger partial charge in [-0.2, -0.15) is 0 Å². The number of hydrogen-bond acceptors (Lipinski definition) is 3. The molecular formula is C17H26Br2N2O2. The number of aliphatic hydroxyl groups is 1. The van der Waals surface area contributed by atoms with Gasteiger partial charge in [0.2, 0.25) is 0 Å². The third-order valence-corrected chi connectivity index (χ3v) is 8.54. The van der Waals surface area contributed by atoms with Crippen molar-refractivity contribution in [2.45, 2.75) is 78.8 Å². The van der Waals surface area contributed by atoms with Crippen molar-refractivity contribution in [3.05, 3.63) is 0 Å². The van der Waals surface area contributed by atoms with E-state index < -0.39 is 5.60 Å². The van der Waals surface area contributed by atoms with E-state index in [-0.39, 0.29) is 34.7 Å². The molecule has 23 heavy (non-hydrogen) atoms. The summed E-state index contributed by atoms with van der Waals surface area (Å²) in [5, 5.41) is 18.5. The van der Waals surface area contributed by atoms with Crippen LogP contribution in [0.25, 0.3) is 0 Å². The number of carbonyl (C=O) groups excluding carboxylic acids is 1. The van der Waals surface area contributed by atoms with E-state index in [1.807, 2.05) is 0 Å². The highest BCUT2D eigenvalue weighted by Crippen LogP contribution is 2.52. The molecule has 4 rings (SSSR count). The van der Waals surface area contributed by atoms with Crippen LogP contribution in [0.2, 0.25) is 0 Å². The van der Waals surface area contributed by atoms with E-state index in [4.69, 9.17) is 0 Å². The summed E-state index contributed by atoms with van der Waals surface area (Å²) in [5.74, 6) is 0.314. The second-order valence-electron chi connectivity index (χ2n) is 8.05. The summed E-state index contributed by atoms with van der Waals surface area (Å²) < 4.78 is 0. The molecule has 6 heteroatoms. The number of rotatable bonds is 1. The van der Waals surface area contributed by atoms with Crippen molar-refractivity contribution >= 4 is 37.8 Å². The number of fused-ring (bicyclic) bond motifs is 2. The van der Waals surface area contributed by atoms with Crippen LogP contribution in [-0.4, -0.2) is 44.4 Å². The average Bonchev–Trinajstić information content (AvgIpc) is 2.96. The first-order valence-electron chi connectivity index (χ1n) is 9.00. The van der Waals surface area contributed by atoms with Crippen molar-refractivity contribution in [1.82, 2.24) is 10.6 Å². The van der Waals surface area contributed by atoms with E-state index in [0.29, 0.717) is 16.8 Å². The molecule has 4 aliphatic rings. The van der Waals surface area contributed by atoms with E-state index in [9.17, 15) is 9.90 Å². The Morgan fingerprint density at radius 2 is 1.96 bits per heavy atom. The summed E-state index contributed by atoms with van der Waals surface area (Å²) in [6.07, 6.45) is 6.65. The average molecular weight is 450 g/mol. The summed E-state index contributed by atoms with van der Waals surface area (Å²) in [6.45, 7) is 2.15. The Morgan fingerprint density at radius 1 is 1.22 bits per heavy atom. The standard InChI is InChI=1S/C17H26Br2N2O2/c1-8-14(10-4-2-3-5-13(10)20-8)17(23)11-6-9(18)7-12(19)15(11)21-16(17)22/h8-15,20,23H,2-7H2,1H3,(H,21,22)/t8?,9?,10?,11?,12?,13?,14?,15?,17-/m0/s1. The van der Waals surface area contributed by atoms with E-state index in [1.54, 1.807) is 0 Å². The number of hydrogen-bond donors (Lipinski definition) is 3. The Balaban J connectivity index is 1.69. The van der Waals surface area contributed by atoms with Gasteiger partial charge in [-0.1, -0.05) is 44.7 Å². The van der Waals surface area contributed by atoms with E-state index in [0.717, 1.165) is 19.3 Å².